The highest BCUT2D eigenvalue weighted by Gasteiger charge is 2.13. The third-order valence-corrected chi connectivity index (χ3v) is 4.98. The molecule has 0 aromatic heterocycles. The molecule has 5 nitrogen and oxygen atoms in total. The van der Waals surface area contributed by atoms with Crippen molar-refractivity contribution < 1.29 is 9.47 Å². The van der Waals surface area contributed by atoms with Gasteiger partial charge in [-0.15, -0.1) is 0 Å². The van der Waals surface area contributed by atoms with Gasteiger partial charge in [-0.25, -0.2) is 0 Å². The minimum atomic E-state index is 0.631. The van der Waals surface area contributed by atoms with E-state index in [0.29, 0.717) is 12.5 Å². The number of rotatable bonds is 8. The van der Waals surface area contributed by atoms with Gasteiger partial charge >= 0.3 is 0 Å². The maximum absolute atomic E-state index is 6.23. The molecule has 140 valence electrons. The molecule has 1 heterocycles. The molecule has 1 saturated heterocycles. The number of guanidine groups is 1. The first kappa shape index (κ1) is 20.5. The highest BCUT2D eigenvalue weighted by atomic mass is 79.9. The van der Waals surface area contributed by atoms with E-state index in [-0.39, 0.29) is 0 Å². The summed E-state index contributed by atoms with van der Waals surface area (Å²) >= 11 is 9.64. The van der Waals surface area contributed by atoms with Crippen LogP contribution < -0.4 is 10.6 Å². The van der Waals surface area contributed by atoms with Crippen LogP contribution in [0.3, 0.4) is 0 Å². The Morgan fingerprint density at radius 2 is 2.16 bits per heavy atom. The van der Waals surface area contributed by atoms with Crippen molar-refractivity contribution >= 4 is 33.5 Å². The number of ether oxygens (including phenoxy) is 2. The highest BCUT2D eigenvalue weighted by Crippen LogP contribution is 2.21. The number of benzene rings is 1. The summed E-state index contributed by atoms with van der Waals surface area (Å²) in [5.41, 5.74) is 1.03. The molecular formula is C18H27BrClN3O2. The predicted molar refractivity (Wildman–Crippen MR) is 106 cm³/mol. The minimum absolute atomic E-state index is 0.631. The second kappa shape index (κ2) is 11.7. The van der Waals surface area contributed by atoms with Gasteiger partial charge in [0.05, 0.1) is 0 Å². The molecule has 7 heteroatoms. The van der Waals surface area contributed by atoms with Gasteiger partial charge in [0.25, 0.3) is 0 Å². The van der Waals surface area contributed by atoms with Crippen LogP contribution in [-0.4, -0.2) is 46.0 Å². The van der Waals surface area contributed by atoms with Crippen molar-refractivity contribution in [3.63, 3.8) is 0 Å². The molecule has 1 aliphatic rings. The molecule has 25 heavy (non-hydrogen) atoms. The molecular weight excluding hydrogens is 406 g/mol. The molecule has 0 atom stereocenters. The summed E-state index contributed by atoms with van der Waals surface area (Å²) in [6.45, 7) is 4.81. The standard InChI is InChI=1S/C18H27BrClN3O2/c1-21-18(23-12-15-3-4-16(19)11-17(15)20)22-7-2-8-25-13-14-5-9-24-10-6-14/h3-4,11,14H,2,5-10,12-13H2,1H3,(H2,21,22,23). The molecule has 1 aliphatic heterocycles. The normalized spacial score (nSPS) is 16.0. The molecule has 0 spiro atoms. The van der Waals surface area contributed by atoms with Gasteiger partial charge in [0.2, 0.25) is 0 Å². The molecule has 0 saturated carbocycles. The van der Waals surface area contributed by atoms with Crippen LogP contribution in [0.1, 0.15) is 24.8 Å². The van der Waals surface area contributed by atoms with Gasteiger partial charge in [0, 0.05) is 56.1 Å². The number of nitrogens with one attached hydrogen (secondary N) is 2. The molecule has 1 aromatic rings. The molecule has 0 amide bonds. The molecule has 0 radical (unpaired) electrons. The fourth-order valence-electron chi connectivity index (χ4n) is 2.61. The van der Waals surface area contributed by atoms with Crippen molar-refractivity contribution in [1.29, 1.82) is 0 Å². The van der Waals surface area contributed by atoms with E-state index in [4.69, 9.17) is 21.1 Å². The summed E-state index contributed by atoms with van der Waals surface area (Å²) in [5, 5.41) is 7.30. The van der Waals surface area contributed by atoms with Crippen LogP contribution in [0, 0.1) is 5.92 Å². The second-order valence-electron chi connectivity index (χ2n) is 6.07. The predicted octanol–water partition coefficient (Wildman–Crippen LogP) is 3.60. The van der Waals surface area contributed by atoms with Gasteiger partial charge < -0.3 is 20.1 Å². The Bertz CT molecular complexity index is 551. The van der Waals surface area contributed by atoms with Gasteiger partial charge in [0.15, 0.2) is 5.96 Å². The van der Waals surface area contributed by atoms with Gasteiger partial charge in [-0.05, 0) is 42.9 Å². The lowest BCUT2D eigenvalue weighted by Crippen LogP contribution is -2.37. The zero-order chi connectivity index (χ0) is 17.9. The fraction of sp³-hybridized carbons (Fsp3) is 0.611. The smallest absolute Gasteiger partial charge is 0.191 e. The van der Waals surface area contributed by atoms with Crippen LogP contribution >= 0.6 is 27.5 Å². The Morgan fingerprint density at radius 1 is 1.36 bits per heavy atom. The van der Waals surface area contributed by atoms with Crippen molar-refractivity contribution in [2.75, 3.05) is 40.0 Å². The van der Waals surface area contributed by atoms with Crippen LogP contribution in [0.5, 0.6) is 0 Å². The van der Waals surface area contributed by atoms with Crippen molar-refractivity contribution in [3.8, 4) is 0 Å². The van der Waals surface area contributed by atoms with E-state index in [0.717, 1.165) is 73.3 Å². The quantitative estimate of drug-likeness (QED) is 0.374. The summed E-state index contributed by atoms with van der Waals surface area (Å²) in [4.78, 5) is 4.23. The molecule has 0 bridgehead atoms. The van der Waals surface area contributed by atoms with Gasteiger partial charge in [0.1, 0.15) is 0 Å². The Balaban J connectivity index is 1.57. The lowest BCUT2D eigenvalue weighted by Gasteiger charge is -2.21. The molecule has 0 aliphatic carbocycles. The van der Waals surface area contributed by atoms with E-state index in [2.05, 4.69) is 31.6 Å². The first-order valence-electron chi connectivity index (χ1n) is 8.73. The topological polar surface area (TPSA) is 54.9 Å². The van der Waals surface area contributed by atoms with E-state index in [1.807, 2.05) is 18.2 Å². The molecule has 1 aromatic carbocycles. The van der Waals surface area contributed by atoms with Crippen molar-refractivity contribution in [2.45, 2.75) is 25.8 Å². The summed E-state index contributed by atoms with van der Waals surface area (Å²) in [5.74, 6) is 1.43. The monoisotopic (exact) mass is 431 g/mol. The fourth-order valence-corrected chi connectivity index (χ4v) is 3.35. The van der Waals surface area contributed by atoms with Gasteiger partial charge in [-0.2, -0.15) is 0 Å². The Labute approximate surface area is 163 Å². The van der Waals surface area contributed by atoms with Crippen LogP contribution in [0.2, 0.25) is 5.02 Å². The van der Waals surface area contributed by atoms with Crippen LogP contribution in [-0.2, 0) is 16.0 Å². The lowest BCUT2D eigenvalue weighted by molar-refractivity contribution is 0.0203. The van der Waals surface area contributed by atoms with E-state index < -0.39 is 0 Å². The maximum atomic E-state index is 6.23. The van der Waals surface area contributed by atoms with Crippen LogP contribution in [0.15, 0.2) is 27.7 Å². The second-order valence-corrected chi connectivity index (χ2v) is 7.40. The largest absolute Gasteiger partial charge is 0.381 e. The third kappa shape index (κ3) is 7.94. The summed E-state index contributed by atoms with van der Waals surface area (Å²) < 4.78 is 12.1. The zero-order valence-corrected chi connectivity index (χ0v) is 17.0. The van der Waals surface area contributed by atoms with Gasteiger partial charge in [-0.3, -0.25) is 4.99 Å². The third-order valence-electron chi connectivity index (χ3n) is 4.14. The Morgan fingerprint density at radius 3 is 2.88 bits per heavy atom. The SMILES string of the molecule is CN=C(NCCCOCC1CCOCC1)NCc1ccc(Br)cc1Cl. The number of aliphatic imine (C=N–C) groups is 1. The van der Waals surface area contributed by atoms with E-state index in [9.17, 15) is 0 Å². The molecule has 0 unspecified atom stereocenters. The average molecular weight is 433 g/mol. The van der Waals surface area contributed by atoms with Gasteiger partial charge in [-0.1, -0.05) is 33.6 Å². The zero-order valence-electron chi connectivity index (χ0n) is 14.7. The maximum Gasteiger partial charge on any atom is 0.191 e. The Kier molecular flexibility index (Phi) is 9.61. The number of halogens is 2. The molecule has 1 fully saturated rings. The minimum Gasteiger partial charge on any atom is -0.381 e. The van der Waals surface area contributed by atoms with E-state index in [1.165, 1.54) is 0 Å². The summed E-state index contributed by atoms with van der Waals surface area (Å²) in [6.07, 6.45) is 3.18. The lowest BCUT2D eigenvalue weighted by atomic mass is 10.0. The van der Waals surface area contributed by atoms with Crippen molar-refractivity contribution in [1.82, 2.24) is 10.6 Å². The summed E-state index contributed by atoms with van der Waals surface area (Å²) in [6, 6.07) is 5.87. The average Bonchev–Trinajstić information content (AvgIpc) is 2.62. The highest BCUT2D eigenvalue weighted by molar-refractivity contribution is 9.10. The Hall–Kier alpha value is -0.820. The van der Waals surface area contributed by atoms with Crippen LogP contribution in [0.25, 0.3) is 0 Å². The van der Waals surface area contributed by atoms with Crippen LogP contribution in [0.4, 0.5) is 0 Å². The van der Waals surface area contributed by atoms with E-state index >= 15 is 0 Å². The molecule has 2 N–H and O–H groups in total. The number of hydrogen-bond donors (Lipinski definition) is 2. The van der Waals surface area contributed by atoms with E-state index in [1.54, 1.807) is 7.05 Å². The first-order valence-corrected chi connectivity index (χ1v) is 9.90. The number of hydrogen-bond acceptors (Lipinski definition) is 3. The number of nitrogens with zero attached hydrogens (tertiary/aromatic N) is 1. The first-order chi connectivity index (χ1) is 12.2. The molecule has 2 rings (SSSR count). The van der Waals surface area contributed by atoms with Crippen molar-refractivity contribution in [3.05, 3.63) is 33.3 Å². The summed E-state index contributed by atoms with van der Waals surface area (Å²) in [7, 11) is 1.76. The van der Waals surface area contributed by atoms with Crippen molar-refractivity contribution in [2.24, 2.45) is 10.9 Å².